The van der Waals surface area contributed by atoms with Gasteiger partial charge in [0.25, 0.3) is 0 Å². The number of aryl methyl sites for hydroxylation is 2. The van der Waals surface area contributed by atoms with Crippen LogP contribution >= 0.6 is 0 Å². The molecule has 0 bridgehead atoms. The first kappa shape index (κ1) is 13.8. The summed E-state index contributed by atoms with van der Waals surface area (Å²) in [4.78, 5) is 16.4. The quantitative estimate of drug-likeness (QED) is 0.761. The van der Waals surface area contributed by atoms with Crippen LogP contribution in [0.3, 0.4) is 0 Å². The van der Waals surface area contributed by atoms with Crippen LogP contribution in [0.4, 0.5) is 10.5 Å². The Morgan fingerprint density at radius 2 is 2.35 bits per heavy atom. The summed E-state index contributed by atoms with van der Waals surface area (Å²) in [5.41, 5.74) is 2.62. The summed E-state index contributed by atoms with van der Waals surface area (Å²) in [6.07, 6.45) is 4.96. The predicted molar refractivity (Wildman–Crippen MR) is 85.2 cm³/mol. The number of carbonyl (C=O) groups excluding carboxylic acids is 1. The molecule has 0 saturated heterocycles. The Bertz CT molecular complexity index is 866. The van der Waals surface area contributed by atoms with Crippen molar-refractivity contribution >= 4 is 22.7 Å². The van der Waals surface area contributed by atoms with Gasteiger partial charge in [0.1, 0.15) is 17.7 Å². The molecule has 7 nitrogen and oxygen atoms in total. The van der Waals surface area contributed by atoms with Gasteiger partial charge >= 0.3 is 6.03 Å². The van der Waals surface area contributed by atoms with Crippen molar-refractivity contribution in [1.82, 2.24) is 20.1 Å². The number of aromatic nitrogens is 3. The summed E-state index contributed by atoms with van der Waals surface area (Å²) in [7, 11) is 0. The van der Waals surface area contributed by atoms with E-state index in [1.54, 1.807) is 12.6 Å². The van der Waals surface area contributed by atoms with Gasteiger partial charge in [0, 0.05) is 17.5 Å². The van der Waals surface area contributed by atoms with Crippen molar-refractivity contribution in [3.05, 3.63) is 42.2 Å². The van der Waals surface area contributed by atoms with Crippen molar-refractivity contribution in [2.45, 2.75) is 32.4 Å². The number of nitrogens with zero attached hydrogens (tertiary/aromatic N) is 3. The average Bonchev–Trinajstić information content (AvgIpc) is 3.14. The lowest BCUT2D eigenvalue weighted by atomic mass is 10.1. The maximum absolute atomic E-state index is 12.2. The van der Waals surface area contributed by atoms with Gasteiger partial charge in [-0.2, -0.15) is 5.10 Å². The summed E-state index contributed by atoms with van der Waals surface area (Å²) in [6.45, 7) is 2.63. The summed E-state index contributed by atoms with van der Waals surface area (Å²) in [5.74, 6) is 0.976. The standard InChI is InChI=1S/C16H17N5O2/c1-10-8-23-14-4-2-11(6-13(10)14)19-16(22)20-12-3-5-15-17-9-18-21(15)7-12/h2,4,6,8-9,12H,3,5,7H2,1H3,(H2,19,20,22). The number of rotatable bonds is 2. The molecule has 1 aromatic carbocycles. The van der Waals surface area contributed by atoms with E-state index in [9.17, 15) is 4.79 Å². The van der Waals surface area contributed by atoms with Crippen molar-refractivity contribution in [2.24, 2.45) is 0 Å². The number of carbonyl (C=O) groups is 1. The third kappa shape index (κ3) is 2.65. The fourth-order valence-electron chi connectivity index (χ4n) is 2.94. The maximum atomic E-state index is 12.2. The summed E-state index contributed by atoms with van der Waals surface area (Å²) < 4.78 is 7.25. The molecule has 2 amide bonds. The van der Waals surface area contributed by atoms with Crippen molar-refractivity contribution < 1.29 is 9.21 Å². The summed E-state index contributed by atoms with van der Waals surface area (Å²) >= 11 is 0. The first-order valence-corrected chi connectivity index (χ1v) is 7.61. The first-order valence-electron chi connectivity index (χ1n) is 7.61. The highest BCUT2D eigenvalue weighted by Gasteiger charge is 2.21. The molecular weight excluding hydrogens is 294 g/mol. The number of hydrogen-bond acceptors (Lipinski definition) is 4. The molecule has 23 heavy (non-hydrogen) atoms. The van der Waals surface area contributed by atoms with E-state index in [2.05, 4.69) is 20.7 Å². The van der Waals surface area contributed by atoms with Gasteiger partial charge in [-0.25, -0.2) is 14.5 Å². The second-order valence-corrected chi connectivity index (χ2v) is 5.82. The molecule has 0 radical (unpaired) electrons. The van der Waals surface area contributed by atoms with Crippen LogP contribution in [-0.4, -0.2) is 26.8 Å². The number of urea groups is 1. The predicted octanol–water partition coefficient (Wildman–Crippen LogP) is 2.47. The Labute approximate surface area is 132 Å². The molecule has 3 heterocycles. The molecule has 2 N–H and O–H groups in total. The van der Waals surface area contributed by atoms with E-state index in [1.807, 2.05) is 29.8 Å². The highest BCUT2D eigenvalue weighted by molar-refractivity contribution is 5.93. The smallest absolute Gasteiger partial charge is 0.319 e. The zero-order valence-corrected chi connectivity index (χ0v) is 12.7. The van der Waals surface area contributed by atoms with Crippen LogP contribution in [0.5, 0.6) is 0 Å². The summed E-state index contributed by atoms with van der Waals surface area (Å²) in [5, 5.41) is 11.0. The van der Waals surface area contributed by atoms with Gasteiger partial charge in [-0.05, 0) is 37.1 Å². The Balaban J connectivity index is 1.42. The van der Waals surface area contributed by atoms with Crippen LogP contribution < -0.4 is 10.6 Å². The zero-order chi connectivity index (χ0) is 15.8. The van der Waals surface area contributed by atoms with Gasteiger partial charge in [-0.1, -0.05) is 0 Å². The van der Waals surface area contributed by atoms with Crippen molar-refractivity contribution in [1.29, 1.82) is 0 Å². The maximum Gasteiger partial charge on any atom is 0.319 e. The third-order valence-electron chi connectivity index (χ3n) is 4.17. The normalized spacial score (nSPS) is 17.0. The SMILES string of the molecule is Cc1coc2ccc(NC(=O)NC3CCc4ncnn4C3)cc12. The van der Waals surface area contributed by atoms with Crippen molar-refractivity contribution in [3.8, 4) is 0 Å². The highest BCUT2D eigenvalue weighted by Crippen LogP contribution is 2.24. The summed E-state index contributed by atoms with van der Waals surface area (Å²) in [6, 6.07) is 5.47. The Morgan fingerprint density at radius 3 is 3.26 bits per heavy atom. The molecular formula is C16H17N5O2. The van der Waals surface area contributed by atoms with Gasteiger partial charge in [0.15, 0.2) is 0 Å². The monoisotopic (exact) mass is 311 g/mol. The van der Waals surface area contributed by atoms with E-state index in [0.29, 0.717) is 6.54 Å². The molecule has 1 unspecified atom stereocenters. The minimum Gasteiger partial charge on any atom is -0.464 e. The molecule has 3 aromatic rings. The van der Waals surface area contributed by atoms with Gasteiger partial charge in [0.2, 0.25) is 0 Å². The molecule has 0 aliphatic carbocycles. The molecule has 118 valence electrons. The lowest BCUT2D eigenvalue weighted by Gasteiger charge is -2.23. The minimum absolute atomic E-state index is 0.0589. The van der Waals surface area contributed by atoms with E-state index in [1.165, 1.54) is 0 Å². The molecule has 0 spiro atoms. The lowest BCUT2D eigenvalue weighted by Crippen LogP contribution is -2.43. The molecule has 1 atom stereocenters. The van der Waals surface area contributed by atoms with Crippen LogP contribution in [0.2, 0.25) is 0 Å². The molecule has 1 aliphatic heterocycles. The number of amides is 2. The van der Waals surface area contributed by atoms with Gasteiger partial charge < -0.3 is 15.1 Å². The van der Waals surface area contributed by atoms with Gasteiger partial charge in [-0.15, -0.1) is 0 Å². The topological polar surface area (TPSA) is 85.0 Å². The van der Waals surface area contributed by atoms with E-state index in [0.717, 1.165) is 40.9 Å². The number of furan rings is 1. The fourth-order valence-corrected chi connectivity index (χ4v) is 2.94. The van der Waals surface area contributed by atoms with Crippen molar-refractivity contribution in [3.63, 3.8) is 0 Å². The Morgan fingerprint density at radius 1 is 1.43 bits per heavy atom. The van der Waals surface area contributed by atoms with Crippen LogP contribution in [0.15, 0.2) is 35.2 Å². The third-order valence-corrected chi connectivity index (χ3v) is 4.17. The van der Waals surface area contributed by atoms with E-state index < -0.39 is 0 Å². The number of benzene rings is 1. The minimum atomic E-state index is -0.209. The number of nitrogens with one attached hydrogen (secondary N) is 2. The van der Waals surface area contributed by atoms with Crippen LogP contribution in [0, 0.1) is 6.92 Å². The van der Waals surface area contributed by atoms with E-state index in [-0.39, 0.29) is 12.1 Å². The largest absolute Gasteiger partial charge is 0.464 e. The molecule has 1 aliphatic rings. The van der Waals surface area contributed by atoms with E-state index >= 15 is 0 Å². The van der Waals surface area contributed by atoms with Crippen LogP contribution in [0.25, 0.3) is 11.0 Å². The highest BCUT2D eigenvalue weighted by atomic mass is 16.3. The average molecular weight is 311 g/mol. The van der Waals surface area contributed by atoms with Crippen LogP contribution in [0.1, 0.15) is 17.8 Å². The van der Waals surface area contributed by atoms with Gasteiger partial charge in [-0.3, -0.25) is 0 Å². The second kappa shape index (κ2) is 5.42. The Kier molecular flexibility index (Phi) is 3.25. The van der Waals surface area contributed by atoms with Crippen LogP contribution in [-0.2, 0) is 13.0 Å². The molecule has 7 heteroatoms. The number of fused-ring (bicyclic) bond motifs is 2. The van der Waals surface area contributed by atoms with E-state index in [4.69, 9.17) is 4.42 Å². The number of hydrogen-bond donors (Lipinski definition) is 2. The fraction of sp³-hybridized carbons (Fsp3) is 0.312. The lowest BCUT2D eigenvalue weighted by molar-refractivity contribution is 0.243. The Hall–Kier alpha value is -2.83. The molecule has 0 saturated carbocycles. The molecule has 0 fully saturated rings. The van der Waals surface area contributed by atoms with Gasteiger partial charge in [0.05, 0.1) is 18.8 Å². The molecule has 2 aromatic heterocycles. The zero-order valence-electron chi connectivity index (χ0n) is 12.7. The first-order chi connectivity index (χ1) is 11.2. The van der Waals surface area contributed by atoms with Crippen molar-refractivity contribution in [2.75, 3.05) is 5.32 Å². The second-order valence-electron chi connectivity index (χ2n) is 5.82. The molecule has 4 rings (SSSR count). The number of anilines is 1.